The van der Waals surface area contributed by atoms with Crippen LogP contribution in [-0.4, -0.2) is 9.91 Å². The molecule has 0 saturated heterocycles. The molecule has 0 aliphatic rings. The number of nitrogens with one attached hydrogen (secondary N) is 1. The van der Waals surface area contributed by atoms with Crippen LogP contribution in [0.3, 0.4) is 0 Å². The van der Waals surface area contributed by atoms with Gasteiger partial charge in [-0.25, -0.2) is 13.8 Å². The highest BCUT2D eigenvalue weighted by Gasteiger charge is 2.42. The standard InChI is InChI=1S/C7H3F5N2O3/c8-5(9)2-1-3(15)4(7(10,11)12)6(13-2)14(16)17/h1,5H,(H,13,15). The largest absolute Gasteiger partial charge is 0.428 e. The van der Waals surface area contributed by atoms with Gasteiger partial charge in [0.1, 0.15) is 0 Å². The topological polar surface area (TPSA) is 76.0 Å². The van der Waals surface area contributed by atoms with Crippen molar-refractivity contribution in [2.45, 2.75) is 12.6 Å². The van der Waals surface area contributed by atoms with Crippen molar-refractivity contribution in [3.05, 3.63) is 37.7 Å². The van der Waals surface area contributed by atoms with Crippen molar-refractivity contribution in [3.63, 3.8) is 0 Å². The lowest BCUT2D eigenvalue weighted by Gasteiger charge is -2.07. The normalized spacial score (nSPS) is 11.9. The third kappa shape index (κ3) is 2.57. The summed E-state index contributed by atoms with van der Waals surface area (Å²) < 4.78 is 61.2. The lowest BCUT2D eigenvalue weighted by Crippen LogP contribution is -2.23. The van der Waals surface area contributed by atoms with Crippen LogP contribution < -0.4 is 5.43 Å². The van der Waals surface area contributed by atoms with E-state index in [1.165, 1.54) is 4.98 Å². The summed E-state index contributed by atoms with van der Waals surface area (Å²) in [5.74, 6) is -1.79. The molecule has 10 heteroatoms. The molecule has 1 aromatic rings. The Labute approximate surface area is 89.0 Å². The van der Waals surface area contributed by atoms with Crippen molar-refractivity contribution < 1.29 is 26.9 Å². The molecule has 1 heterocycles. The minimum absolute atomic E-state index is 0.0134. The lowest BCUT2D eigenvalue weighted by atomic mass is 10.2. The number of aromatic nitrogens is 1. The minimum Gasteiger partial charge on any atom is -0.358 e. The maximum Gasteiger partial charge on any atom is 0.428 e. The molecule has 0 aliphatic heterocycles. The van der Waals surface area contributed by atoms with Crippen LogP contribution in [-0.2, 0) is 6.18 Å². The Balaban J connectivity index is 3.62. The monoisotopic (exact) mass is 258 g/mol. The smallest absolute Gasteiger partial charge is 0.358 e. The van der Waals surface area contributed by atoms with Crippen molar-refractivity contribution >= 4 is 5.82 Å². The lowest BCUT2D eigenvalue weighted by molar-refractivity contribution is -0.393. The second kappa shape index (κ2) is 4.11. The van der Waals surface area contributed by atoms with Gasteiger partial charge in [0.25, 0.3) is 6.43 Å². The van der Waals surface area contributed by atoms with E-state index >= 15 is 0 Å². The van der Waals surface area contributed by atoms with Crippen LogP contribution in [0.4, 0.5) is 27.8 Å². The van der Waals surface area contributed by atoms with Crippen molar-refractivity contribution in [1.29, 1.82) is 0 Å². The molecule has 0 fully saturated rings. The number of H-pyrrole nitrogens is 1. The highest BCUT2D eigenvalue weighted by molar-refractivity contribution is 5.36. The molecule has 0 saturated carbocycles. The third-order valence-corrected chi connectivity index (χ3v) is 1.73. The average Bonchev–Trinajstić information content (AvgIpc) is 2.13. The quantitative estimate of drug-likeness (QED) is 0.502. The number of aromatic amines is 1. The molecule has 1 rings (SSSR count). The number of rotatable bonds is 2. The molecule has 0 atom stereocenters. The zero-order valence-electron chi connectivity index (χ0n) is 7.72. The molecule has 0 radical (unpaired) electrons. The highest BCUT2D eigenvalue weighted by Crippen LogP contribution is 2.33. The van der Waals surface area contributed by atoms with E-state index in [2.05, 4.69) is 0 Å². The number of alkyl halides is 5. The summed E-state index contributed by atoms with van der Waals surface area (Å²) in [7, 11) is 0. The Kier molecular flexibility index (Phi) is 3.16. The molecule has 1 N–H and O–H groups in total. The van der Waals surface area contributed by atoms with Gasteiger partial charge in [0.15, 0.2) is 11.3 Å². The number of hydrogen-bond donors (Lipinski definition) is 1. The fourth-order valence-corrected chi connectivity index (χ4v) is 1.09. The van der Waals surface area contributed by atoms with Crippen molar-refractivity contribution in [2.24, 2.45) is 0 Å². The first-order valence-electron chi connectivity index (χ1n) is 3.91. The van der Waals surface area contributed by atoms with Gasteiger partial charge in [-0.15, -0.1) is 0 Å². The molecular formula is C7H3F5N2O3. The van der Waals surface area contributed by atoms with E-state index in [9.17, 15) is 36.9 Å². The summed E-state index contributed by atoms with van der Waals surface area (Å²) in [6.45, 7) is 0. The fraction of sp³-hybridized carbons (Fsp3) is 0.286. The van der Waals surface area contributed by atoms with Gasteiger partial charge in [0.2, 0.25) is 5.43 Å². The van der Waals surface area contributed by atoms with Crippen LogP contribution in [0.15, 0.2) is 10.9 Å². The van der Waals surface area contributed by atoms with Crippen molar-refractivity contribution in [2.75, 3.05) is 0 Å². The molecule has 5 nitrogen and oxygen atoms in total. The number of halogens is 5. The fourth-order valence-electron chi connectivity index (χ4n) is 1.09. The van der Waals surface area contributed by atoms with Gasteiger partial charge in [-0.1, -0.05) is 0 Å². The van der Waals surface area contributed by atoms with Crippen LogP contribution >= 0.6 is 0 Å². The summed E-state index contributed by atoms with van der Waals surface area (Å²) in [5.41, 5.74) is -5.22. The average molecular weight is 258 g/mol. The first-order valence-corrected chi connectivity index (χ1v) is 3.91. The van der Waals surface area contributed by atoms with Gasteiger partial charge in [-0.3, -0.25) is 4.79 Å². The van der Waals surface area contributed by atoms with E-state index in [1.807, 2.05) is 0 Å². The van der Waals surface area contributed by atoms with Gasteiger partial charge < -0.3 is 10.1 Å². The van der Waals surface area contributed by atoms with E-state index in [1.54, 1.807) is 0 Å². The van der Waals surface area contributed by atoms with E-state index < -0.39 is 40.0 Å². The summed E-state index contributed by atoms with van der Waals surface area (Å²) in [4.78, 5) is 20.9. The van der Waals surface area contributed by atoms with E-state index in [-0.39, 0.29) is 6.07 Å². The SMILES string of the molecule is O=c1cc(C(F)F)[nH]c([N+](=O)[O-])c1C(F)(F)F. The Morgan fingerprint density at radius 2 is 1.88 bits per heavy atom. The van der Waals surface area contributed by atoms with Gasteiger partial charge in [-0.2, -0.15) is 13.2 Å². The summed E-state index contributed by atoms with van der Waals surface area (Å²) >= 11 is 0. The predicted molar refractivity (Wildman–Crippen MR) is 43.7 cm³/mol. The minimum atomic E-state index is -5.30. The van der Waals surface area contributed by atoms with Crippen LogP contribution in [0.25, 0.3) is 0 Å². The molecule has 0 unspecified atom stereocenters. The van der Waals surface area contributed by atoms with Crippen molar-refractivity contribution in [3.8, 4) is 0 Å². The molecule has 17 heavy (non-hydrogen) atoms. The number of nitro groups is 1. The maximum absolute atomic E-state index is 12.3. The first kappa shape index (κ1) is 13.1. The van der Waals surface area contributed by atoms with Crippen LogP contribution in [0.5, 0.6) is 0 Å². The Bertz CT molecular complexity index is 507. The summed E-state index contributed by atoms with van der Waals surface area (Å²) in [6.07, 6.45) is -8.61. The Hall–Kier alpha value is -2.00. The van der Waals surface area contributed by atoms with Crippen molar-refractivity contribution in [1.82, 2.24) is 4.98 Å². The summed E-state index contributed by atoms with van der Waals surface area (Å²) in [5, 5.41) is 10.3. The summed E-state index contributed by atoms with van der Waals surface area (Å²) in [6, 6.07) is -0.0134. The van der Waals surface area contributed by atoms with E-state index in [0.717, 1.165) is 0 Å². The molecular weight excluding hydrogens is 255 g/mol. The number of pyridine rings is 1. The molecule has 0 aliphatic carbocycles. The Morgan fingerprint density at radius 1 is 1.35 bits per heavy atom. The maximum atomic E-state index is 12.3. The molecule has 94 valence electrons. The van der Waals surface area contributed by atoms with E-state index in [0.29, 0.717) is 0 Å². The van der Waals surface area contributed by atoms with Gasteiger partial charge in [-0.05, 0) is 4.92 Å². The molecule has 0 aromatic carbocycles. The third-order valence-electron chi connectivity index (χ3n) is 1.73. The van der Waals surface area contributed by atoms with Crippen LogP contribution in [0.1, 0.15) is 17.7 Å². The van der Waals surface area contributed by atoms with Crippen LogP contribution in [0.2, 0.25) is 0 Å². The molecule has 1 aromatic heterocycles. The second-order valence-corrected chi connectivity index (χ2v) is 2.87. The second-order valence-electron chi connectivity index (χ2n) is 2.87. The molecule has 0 spiro atoms. The number of nitrogens with zero attached hydrogens (tertiary/aromatic N) is 1. The van der Waals surface area contributed by atoms with E-state index in [4.69, 9.17) is 0 Å². The van der Waals surface area contributed by atoms with Crippen LogP contribution in [0, 0.1) is 10.1 Å². The molecule has 0 amide bonds. The van der Waals surface area contributed by atoms with Gasteiger partial charge in [0.05, 0.1) is 0 Å². The highest BCUT2D eigenvalue weighted by atomic mass is 19.4. The molecule has 0 bridgehead atoms. The number of hydrogen-bond acceptors (Lipinski definition) is 3. The first-order chi connectivity index (χ1) is 7.64. The van der Waals surface area contributed by atoms with Gasteiger partial charge >= 0.3 is 12.0 Å². The Morgan fingerprint density at radius 3 is 2.24 bits per heavy atom. The zero-order chi connectivity index (χ0) is 13.4. The predicted octanol–water partition coefficient (Wildman–Crippen LogP) is 2.24. The zero-order valence-corrected chi connectivity index (χ0v) is 7.72. The van der Waals surface area contributed by atoms with Gasteiger partial charge in [0, 0.05) is 6.07 Å².